The van der Waals surface area contributed by atoms with Crippen LogP contribution in [0.5, 0.6) is 11.8 Å². The molecule has 0 fully saturated rings. The fourth-order valence-electron chi connectivity index (χ4n) is 1.39. The Morgan fingerprint density at radius 2 is 1.90 bits per heavy atom. The van der Waals surface area contributed by atoms with E-state index in [2.05, 4.69) is 41.0 Å². The Kier molecular flexibility index (Phi) is 3.57. The predicted octanol–water partition coefficient (Wildman–Crippen LogP) is 2.66. The maximum absolute atomic E-state index is 5.85. The van der Waals surface area contributed by atoms with Gasteiger partial charge < -0.3 is 4.74 Å². The Balaban J connectivity index is 1.92. The molecular formula is C11H6BrClN6O. The molecule has 0 N–H and O–H groups in total. The average molecular weight is 354 g/mol. The average Bonchev–Trinajstić information content (AvgIpc) is 2.95. The summed E-state index contributed by atoms with van der Waals surface area (Å²) in [6, 6.07) is 7.32. The second-order valence-corrected chi connectivity index (χ2v) is 4.84. The summed E-state index contributed by atoms with van der Waals surface area (Å²) in [5.74, 6) is 0.814. The lowest BCUT2D eigenvalue weighted by molar-refractivity contribution is 0.437. The summed E-state index contributed by atoms with van der Waals surface area (Å²) in [5, 5.41) is 3.93. The van der Waals surface area contributed by atoms with Gasteiger partial charge in [0.05, 0.1) is 0 Å². The molecule has 0 aliphatic rings. The van der Waals surface area contributed by atoms with Crippen molar-refractivity contribution in [2.45, 2.75) is 0 Å². The SMILES string of the molecule is Clc1nc(Oc2ccc(Br)cc2)nc(-n2cncn2)n1. The van der Waals surface area contributed by atoms with Gasteiger partial charge in [0.2, 0.25) is 5.28 Å². The largest absolute Gasteiger partial charge is 0.424 e. The van der Waals surface area contributed by atoms with Crippen LogP contribution in [0.15, 0.2) is 41.4 Å². The zero-order chi connectivity index (χ0) is 13.9. The van der Waals surface area contributed by atoms with Crippen LogP contribution in [-0.2, 0) is 0 Å². The Morgan fingerprint density at radius 1 is 1.10 bits per heavy atom. The van der Waals surface area contributed by atoms with Gasteiger partial charge in [-0.25, -0.2) is 4.98 Å². The lowest BCUT2D eigenvalue weighted by Gasteiger charge is -2.05. The van der Waals surface area contributed by atoms with E-state index in [1.165, 1.54) is 17.3 Å². The molecule has 2 heterocycles. The predicted molar refractivity (Wildman–Crippen MR) is 74.0 cm³/mol. The highest BCUT2D eigenvalue weighted by molar-refractivity contribution is 9.10. The molecule has 20 heavy (non-hydrogen) atoms. The molecule has 100 valence electrons. The summed E-state index contributed by atoms with van der Waals surface area (Å²) in [5.41, 5.74) is 0. The van der Waals surface area contributed by atoms with Crippen LogP contribution in [-0.4, -0.2) is 29.7 Å². The van der Waals surface area contributed by atoms with Crippen LogP contribution in [0.25, 0.3) is 5.95 Å². The monoisotopic (exact) mass is 352 g/mol. The summed E-state index contributed by atoms with van der Waals surface area (Å²) in [6.45, 7) is 0. The molecule has 0 radical (unpaired) electrons. The van der Waals surface area contributed by atoms with Gasteiger partial charge in [-0.3, -0.25) is 0 Å². The van der Waals surface area contributed by atoms with Gasteiger partial charge in [0, 0.05) is 4.47 Å². The van der Waals surface area contributed by atoms with Crippen molar-refractivity contribution in [1.82, 2.24) is 29.7 Å². The first-order valence-corrected chi connectivity index (χ1v) is 6.58. The molecule has 1 aromatic carbocycles. The highest BCUT2D eigenvalue weighted by atomic mass is 79.9. The Bertz CT molecular complexity index is 718. The molecule has 0 aliphatic carbocycles. The zero-order valence-corrected chi connectivity index (χ0v) is 12.2. The van der Waals surface area contributed by atoms with Crippen molar-refractivity contribution < 1.29 is 4.74 Å². The topological polar surface area (TPSA) is 78.6 Å². The van der Waals surface area contributed by atoms with E-state index in [0.29, 0.717) is 5.75 Å². The van der Waals surface area contributed by atoms with Crippen LogP contribution in [0, 0.1) is 0 Å². The van der Waals surface area contributed by atoms with Crippen LogP contribution in [0.3, 0.4) is 0 Å². The van der Waals surface area contributed by atoms with Gasteiger partial charge >= 0.3 is 6.01 Å². The van der Waals surface area contributed by atoms with Crippen molar-refractivity contribution >= 4 is 27.5 Å². The van der Waals surface area contributed by atoms with Crippen LogP contribution in [0.4, 0.5) is 0 Å². The van der Waals surface area contributed by atoms with Crippen LogP contribution >= 0.6 is 27.5 Å². The van der Waals surface area contributed by atoms with E-state index in [1.54, 1.807) is 12.1 Å². The Hall–Kier alpha value is -2.06. The van der Waals surface area contributed by atoms with Crippen LogP contribution in [0.1, 0.15) is 0 Å². The summed E-state index contributed by atoms with van der Waals surface area (Å²) in [6.07, 6.45) is 2.82. The highest BCUT2D eigenvalue weighted by Crippen LogP contribution is 2.21. The van der Waals surface area contributed by atoms with Crippen LogP contribution in [0.2, 0.25) is 5.28 Å². The fourth-order valence-corrected chi connectivity index (χ4v) is 1.80. The summed E-state index contributed by atoms with van der Waals surface area (Å²) in [7, 11) is 0. The Labute approximate surface area is 126 Å². The number of halogens is 2. The van der Waals surface area contributed by atoms with Gasteiger partial charge in [-0.15, -0.1) is 0 Å². The van der Waals surface area contributed by atoms with Crippen molar-refractivity contribution in [1.29, 1.82) is 0 Å². The maximum atomic E-state index is 5.85. The van der Waals surface area contributed by atoms with E-state index in [9.17, 15) is 0 Å². The van der Waals surface area contributed by atoms with Gasteiger partial charge in [0.25, 0.3) is 5.95 Å². The number of aromatic nitrogens is 6. The number of benzene rings is 1. The molecule has 0 unspecified atom stereocenters. The van der Waals surface area contributed by atoms with E-state index in [1.807, 2.05) is 12.1 Å². The van der Waals surface area contributed by atoms with Gasteiger partial charge in [-0.2, -0.15) is 24.7 Å². The molecule has 3 rings (SSSR count). The molecule has 2 aromatic heterocycles. The third-order valence-corrected chi connectivity index (χ3v) is 2.92. The van der Waals surface area contributed by atoms with Crippen molar-refractivity contribution in [3.63, 3.8) is 0 Å². The minimum Gasteiger partial charge on any atom is -0.424 e. The van der Waals surface area contributed by atoms with Crippen molar-refractivity contribution in [2.75, 3.05) is 0 Å². The quantitative estimate of drug-likeness (QED) is 0.720. The molecule has 0 bridgehead atoms. The molecular weight excluding hydrogens is 348 g/mol. The number of ether oxygens (including phenoxy) is 1. The minimum atomic E-state index is 0.0117. The molecule has 0 spiro atoms. The molecule has 0 amide bonds. The molecule has 3 aromatic rings. The summed E-state index contributed by atoms with van der Waals surface area (Å²) >= 11 is 9.19. The van der Waals surface area contributed by atoms with E-state index >= 15 is 0 Å². The van der Waals surface area contributed by atoms with E-state index < -0.39 is 0 Å². The smallest absolute Gasteiger partial charge is 0.328 e. The first-order chi connectivity index (χ1) is 9.70. The summed E-state index contributed by atoms with van der Waals surface area (Å²) in [4.78, 5) is 15.8. The second kappa shape index (κ2) is 5.51. The molecule has 9 heteroatoms. The summed E-state index contributed by atoms with van der Waals surface area (Å²) < 4.78 is 7.83. The van der Waals surface area contributed by atoms with E-state index in [-0.39, 0.29) is 17.2 Å². The standard InChI is InChI=1S/C11H6BrClN6O/c12-7-1-3-8(4-2-7)20-11-17-9(13)16-10(18-11)19-6-14-5-15-19/h1-6H. The first-order valence-electron chi connectivity index (χ1n) is 5.41. The minimum absolute atomic E-state index is 0.0117. The molecule has 0 saturated carbocycles. The van der Waals surface area contributed by atoms with Gasteiger partial charge in [-0.05, 0) is 35.9 Å². The lowest BCUT2D eigenvalue weighted by Crippen LogP contribution is -2.05. The third-order valence-electron chi connectivity index (χ3n) is 2.22. The zero-order valence-electron chi connectivity index (χ0n) is 9.81. The van der Waals surface area contributed by atoms with Crippen molar-refractivity contribution in [3.05, 3.63) is 46.7 Å². The number of hydrogen-bond acceptors (Lipinski definition) is 6. The lowest BCUT2D eigenvalue weighted by atomic mass is 10.3. The maximum Gasteiger partial charge on any atom is 0.328 e. The van der Waals surface area contributed by atoms with Gasteiger partial charge in [0.15, 0.2) is 0 Å². The Morgan fingerprint density at radius 3 is 2.60 bits per heavy atom. The first kappa shape index (κ1) is 12.9. The normalized spacial score (nSPS) is 10.5. The molecule has 0 aliphatic heterocycles. The van der Waals surface area contributed by atoms with E-state index in [0.717, 1.165) is 4.47 Å². The molecule has 0 atom stereocenters. The molecule has 0 saturated heterocycles. The number of rotatable bonds is 3. The van der Waals surface area contributed by atoms with Gasteiger partial charge in [0.1, 0.15) is 18.4 Å². The van der Waals surface area contributed by atoms with Crippen molar-refractivity contribution in [2.24, 2.45) is 0 Å². The van der Waals surface area contributed by atoms with Gasteiger partial charge in [-0.1, -0.05) is 15.9 Å². The number of nitrogens with zero attached hydrogens (tertiary/aromatic N) is 6. The fraction of sp³-hybridized carbons (Fsp3) is 0. The second-order valence-electron chi connectivity index (χ2n) is 3.58. The highest BCUT2D eigenvalue weighted by Gasteiger charge is 2.09. The third kappa shape index (κ3) is 2.91. The van der Waals surface area contributed by atoms with Crippen LogP contribution < -0.4 is 4.74 Å². The van der Waals surface area contributed by atoms with Crippen molar-refractivity contribution in [3.8, 4) is 17.7 Å². The molecule has 7 nitrogen and oxygen atoms in total. The number of hydrogen-bond donors (Lipinski definition) is 0. The van der Waals surface area contributed by atoms with E-state index in [4.69, 9.17) is 16.3 Å².